The maximum Gasteiger partial charge on any atom is 0.312 e. The topological polar surface area (TPSA) is 54.9 Å². The van der Waals surface area contributed by atoms with Crippen molar-refractivity contribution in [1.29, 1.82) is 0 Å². The molecule has 4 aromatic rings. The molecule has 0 N–H and O–H groups in total. The molecule has 45 heavy (non-hydrogen) atoms. The predicted molar refractivity (Wildman–Crippen MR) is 189 cm³/mol. The number of hydrogen-bond donors (Lipinski definition) is 0. The zero-order valence-corrected chi connectivity index (χ0v) is 28.0. The fourth-order valence-corrected chi connectivity index (χ4v) is 7.05. The Morgan fingerprint density at radius 1 is 0.822 bits per heavy atom. The van der Waals surface area contributed by atoms with Gasteiger partial charge in [0.15, 0.2) is 0 Å². The number of rotatable bonds is 19. The van der Waals surface area contributed by atoms with Crippen molar-refractivity contribution < 1.29 is 14.3 Å². The molecule has 5 rings (SSSR count). The summed E-state index contributed by atoms with van der Waals surface area (Å²) in [6.45, 7) is 8.39. The molecule has 242 valence electrons. The van der Waals surface area contributed by atoms with E-state index in [0.29, 0.717) is 18.9 Å². The van der Waals surface area contributed by atoms with Gasteiger partial charge in [-0.2, -0.15) is 0 Å². The lowest BCUT2D eigenvalue weighted by atomic mass is 10.1. The first-order chi connectivity index (χ1) is 22.2. The number of ether oxygens (including phenoxy) is 2. The van der Waals surface area contributed by atoms with Crippen LogP contribution in [0.1, 0.15) is 90.4 Å². The second-order valence-electron chi connectivity index (χ2n) is 12.4. The van der Waals surface area contributed by atoms with Crippen LogP contribution < -0.4 is 14.4 Å². The Bertz CT molecular complexity index is 1460. The Balaban J connectivity index is 0.954. The first kappa shape index (κ1) is 33.2. The molecule has 0 radical (unpaired) electrons. The molecule has 0 unspecified atom stereocenters. The Labute approximate surface area is 273 Å². The number of esters is 1. The van der Waals surface area contributed by atoms with Gasteiger partial charge in [-0.15, -0.1) is 11.3 Å². The summed E-state index contributed by atoms with van der Waals surface area (Å²) in [5.74, 6) is 0.971. The van der Waals surface area contributed by atoms with Crippen molar-refractivity contribution in [2.75, 3.05) is 44.2 Å². The standard InChI is InChI=1S/C38H51N3O3S/c1-2-3-4-5-6-7-8-9-10-11-17-38(42)44-37-21-19-31-18-20-32(30-34(31)39-37)43-28-13-12-23-40-24-26-41(27-25-40)35-15-14-16-36-33(35)22-29-45-36/h14-16,18-22,29-30H,2-13,17,23-28H2,1H3. The lowest BCUT2D eigenvalue weighted by Crippen LogP contribution is -2.46. The summed E-state index contributed by atoms with van der Waals surface area (Å²) < 4.78 is 13.0. The summed E-state index contributed by atoms with van der Waals surface area (Å²) in [5.41, 5.74) is 2.16. The van der Waals surface area contributed by atoms with Crippen LogP contribution in [-0.2, 0) is 4.79 Å². The van der Waals surface area contributed by atoms with Gasteiger partial charge < -0.3 is 14.4 Å². The van der Waals surface area contributed by atoms with Crippen molar-refractivity contribution in [3.05, 3.63) is 60.0 Å². The highest BCUT2D eigenvalue weighted by molar-refractivity contribution is 7.17. The number of carbonyl (C=O) groups is 1. The molecule has 1 aliphatic rings. The number of hydrogen-bond acceptors (Lipinski definition) is 7. The van der Waals surface area contributed by atoms with Gasteiger partial charge in [-0.25, -0.2) is 4.98 Å². The van der Waals surface area contributed by atoms with Gasteiger partial charge in [-0.05, 0) is 67.6 Å². The van der Waals surface area contributed by atoms with E-state index in [9.17, 15) is 4.79 Å². The number of aromatic nitrogens is 1. The quantitative estimate of drug-likeness (QED) is 0.0760. The molecule has 0 aliphatic carbocycles. The zero-order valence-electron chi connectivity index (χ0n) is 27.2. The van der Waals surface area contributed by atoms with Crippen molar-refractivity contribution >= 4 is 44.0 Å². The molecule has 2 aromatic heterocycles. The Morgan fingerprint density at radius 2 is 1.58 bits per heavy atom. The van der Waals surface area contributed by atoms with Crippen molar-refractivity contribution in [1.82, 2.24) is 9.88 Å². The molecule has 2 aromatic carbocycles. The van der Waals surface area contributed by atoms with Crippen molar-refractivity contribution in [3.8, 4) is 11.6 Å². The van der Waals surface area contributed by atoms with Crippen LogP contribution in [0.3, 0.4) is 0 Å². The van der Waals surface area contributed by atoms with Gasteiger partial charge in [-0.1, -0.05) is 70.8 Å². The number of anilines is 1. The highest BCUT2D eigenvalue weighted by Crippen LogP contribution is 2.31. The van der Waals surface area contributed by atoms with Crippen LogP contribution in [0, 0.1) is 0 Å². The molecule has 1 fully saturated rings. The van der Waals surface area contributed by atoms with Gasteiger partial charge in [0, 0.05) is 65.9 Å². The Morgan fingerprint density at radius 3 is 2.38 bits per heavy atom. The number of pyridine rings is 1. The van der Waals surface area contributed by atoms with Crippen LogP contribution in [0.5, 0.6) is 11.6 Å². The first-order valence-corrected chi connectivity index (χ1v) is 18.3. The van der Waals surface area contributed by atoms with E-state index in [-0.39, 0.29) is 5.97 Å². The second kappa shape index (κ2) is 18.1. The molecule has 1 saturated heterocycles. The molecule has 3 heterocycles. The minimum absolute atomic E-state index is 0.199. The summed E-state index contributed by atoms with van der Waals surface area (Å²) in [4.78, 5) is 22.1. The summed E-state index contributed by atoms with van der Waals surface area (Å²) >= 11 is 1.82. The SMILES string of the molecule is CCCCCCCCCCCCC(=O)Oc1ccc2ccc(OCCCCN3CCN(c4cccc5sccc45)CC3)cc2n1. The Kier molecular flexibility index (Phi) is 13.4. The normalized spacial score (nSPS) is 13.9. The number of carbonyl (C=O) groups excluding carboxylic acids is 1. The number of nitrogens with zero attached hydrogens (tertiary/aromatic N) is 3. The summed E-state index contributed by atoms with van der Waals surface area (Å²) in [6.07, 6.45) is 15.0. The van der Waals surface area contributed by atoms with Gasteiger partial charge in [0.1, 0.15) is 5.75 Å². The molecule has 7 heteroatoms. The average molecular weight is 630 g/mol. The summed E-state index contributed by atoms with van der Waals surface area (Å²) in [5, 5.41) is 4.58. The van der Waals surface area contributed by atoms with Gasteiger partial charge in [-0.3, -0.25) is 9.69 Å². The lowest BCUT2D eigenvalue weighted by molar-refractivity contribution is -0.134. The molecule has 0 bridgehead atoms. The fraction of sp³-hybridized carbons (Fsp3) is 0.526. The number of unbranched alkanes of at least 4 members (excludes halogenated alkanes) is 10. The average Bonchev–Trinajstić information content (AvgIpc) is 3.55. The smallest absolute Gasteiger partial charge is 0.312 e. The van der Waals surface area contributed by atoms with Crippen LogP contribution in [0.15, 0.2) is 60.0 Å². The highest BCUT2D eigenvalue weighted by atomic mass is 32.1. The minimum atomic E-state index is -0.199. The lowest BCUT2D eigenvalue weighted by Gasteiger charge is -2.36. The largest absolute Gasteiger partial charge is 0.494 e. The van der Waals surface area contributed by atoms with Gasteiger partial charge in [0.2, 0.25) is 5.88 Å². The number of benzene rings is 2. The van der Waals surface area contributed by atoms with Gasteiger partial charge >= 0.3 is 5.97 Å². The molecule has 0 saturated carbocycles. The Hall–Kier alpha value is -3.16. The second-order valence-corrected chi connectivity index (χ2v) is 13.4. The minimum Gasteiger partial charge on any atom is -0.494 e. The molecule has 0 atom stereocenters. The maximum absolute atomic E-state index is 12.4. The van der Waals surface area contributed by atoms with Crippen LogP contribution in [-0.4, -0.2) is 55.2 Å². The molecule has 6 nitrogen and oxygen atoms in total. The third-order valence-corrected chi connectivity index (χ3v) is 9.80. The van der Waals surface area contributed by atoms with E-state index < -0.39 is 0 Å². The van der Waals surface area contributed by atoms with E-state index in [0.717, 1.165) is 75.1 Å². The van der Waals surface area contributed by atoms with E-state index in [4.69, 9.17) is 9.47 Å². The number of piperazine rings is 1. The zero-order chi connectivity index (χ0) is 31.1. The van der Waals surface area contributed by atoms with Crippen LogP contribution in [0.4, 0.5) is 5.69 Å². The fourth-order valence-electron chi connectivity index (χ4n) is 6.24. The molecule has 1 aliphatic heterocycles. The number of fused-ring (bicyclic) bond motifs is 2. The molecule has 0 spiro atoms. The third kappa shape index (κ3) is 10.4. The van der Waals surface area contributed by atoms with Crippen LogP contribution in [0.2, 0.25) is 0 Å². The molecular formula is C38H51N3O3S. The molecular weight excluding hydrogens is 579 g/mol. The van der Waals surface area contributed by atoms with Gasteiger partial charge in [0.05, 0.1) is 12.1 Å². The summed E-state index contributed by atoms with van der Waals surface area (Å²) in [6, 6.07) is 18.6. The van der Waals surface area contributed by atoms with Crippen molar-refractivity contribution in [2.45, 2.75) is 90.4 Å². The molecule has 0 amide bonds. The first-order valence-electron chi connectivity index (χ1n) is 17.4. The van der Waals surface area contributed by atoms with E-state index in [1.807, 2.05) is 35.6 Å². The number of thiophene rings is 1. The van der Waals surface area contributed by atoms with Crippen molar-refractivity contribution in [3.63, 3.8) is 0 Å². The van der Waals surface area contributed by atoms with Gasteiger partial charge in [0.25, 0.3) is 0 Å². The summed E-state index contributed by atoms with van der Waals surface area (Å²) in [7, 11) is 0. The monoisotopic (exact) mass is 629 g/mol. The van der Waals surface area contributed by atoms with E-state index in [2.05, 4.69) is 51.4 Å². The van der Waals surface area contributed by atoms with Crippen LogP contribution >= 0.6 is 11.3 Å². The van der Waals surface area contributed by atoms with E-state index >= 15 is 0 Å². The predicted octanol–water partition coefficient (Wildman–Crippen LogP) is 9.65. The highest BCUT2D eigenvalue weighted by Gasteiger charge is 2.18. The van der Waals surface area contributed by atoms with E-state index in [1.54, 1.807) is 6.07 Å². The van der Waals surface area contributed by atoms with Crippen LogP contribution in [0.25, 0.3) is 21.0 Å². The van der Waals surface area contributed by atoms with E-state index in [1.165, 1.54) is 67.1 Å². The third-order valence-electron chi connectivity index (χ3n) is 8.91. The van der Waals surface area contributed by atoms with Crippen molar-refractivity contribution in [2.24, 2.45) is 0 Å². The maximum atomic E-state index is 12.4.